The molecular formula is C12H19ClN4O2. The number of ether oxygens (including phenoxy) is 2. The van der Waals surface area contributed by atoms with Gasteiger partial charge in [0.15, 0.2) is 0 Å². The molecule has 0 fully saturated rings. The van der Waals surface area contributed by atoms with E-state index >= 15 is 0 Å². The van der Waals surface area contributed by atoms with E-state index in [0.29, 0.717) is 42.7 Å². The van der Waals surface area contributed by atoms with Crippen molar-refractivity contribution in [3.8, 4) is 0 Å². The van der Waals surface area contributed by atoms with E-state index in [-0.39, 0.29) is 5.84 Å². The number of hydrogen-bond donors (Lipinski definition) is 2. The molecule has 106 valence electrons. The highest BCUT2D eigenvalue weighted by molar-refractivity contribution is 6.36. The van der Waals surface area contributed by atoms with Gasteiger partial charge < -0.3 is 20.1 Å². The maximum Gasteiger partial charge on any atom is 0.148 e. The average Bonchev–Trinajstić information content (AvgIpc) is 2.39. The maximum atomic E-state index is 7.49. The molecule has 3 N–H and O–H groups in total. The van der Waals surface area contributed by atoms with E-state index < -0.39 is 0 Å². The monoisotopic (exact) mass is 286 g/mol. The Kier molecular flexibility index (Phi) is 6.55. The van der Waals surface area contributed by atoms with Crippen molar-refractivity contribution in [1.82, 2.24) is 4.98 Å². The first-order valence-corrected chi connectivity index (χ1v) is 6.21. The standard InChI is InChI=1S/C12H19ClN4O2/c1-18-7-5-17(6-8-19-2)12-10(13)9(11(14)15)3-4-16-12/h3-4H,5-8H2,1-2H3,(H3,14,15). The molecule has 1 heterocycles. The lowest BCUT2D eigenvalue weighted by Crippen LogP contribution is -2.32. The second-order valence-corrected chi connectivity index (χ2v) is 4.26. The van der Waals surface area contributed by atoms with Crippen LogP contribution in [-0.4, -0.2) is 51.3 Å². The zero-order valence-corrected chi connectivity index (χ0v) is 11.9. The molecule has 0 bridgehead atoms. The number of methoxy groups -OCH3 is 2. The van der Waals surface area contributed by atoms with Crippen LogP contribution in [0.3, 0.4) is 0 Å². The van der Waals surface area contributed by atoms with Crippen LogP contribution < -0.4 is 10.6 Å². The number of halogens is 1. The normalized spacial score (nSPS) is 10.5. The Morgan fingerprint density at radius 2 is 1.95 bits per heavy atom. The summed E-state index contributed by atoms with van der Waals surface area (Å²) in [6.07, 6.45) is 1.59. The van der Waals surface area contributed by atoms with Gasteiger partial charge in [-0.1, -0.05) is 11.6 Å². The molecule has 7 heteroatoms. The summed E-state index contributed by atoms with van der Waals surface area (Å²) in [5.74, 6) is 0.510. The van der Waals surface area contributed by atoms with Gasteiger partial charge in [-0.15, -0.1) is 0 Å². The van der Waals surface area contributed by atoms with Crippen LogP contribution in [0.15, 0.2) is 12.3 Å². The first-order valence-electron chi connectivity index (χ1n) is 5.83. The van der Waals surface area contributed by atoms with Crippen LogP contribution in [0.1, 0.15) is 5.56 Å². The lowest BCUT2D eigenvalue weighted by molar-refractivity contribution is 0.190. The predicted octanol–water partition coefficient (Wildman–Crippen LogP) is 1.12. The van der Waals surface area contributed by atoms with E-state index in [1.54, 1.807) is 26.5 Å². The topological polar surface area (TPSA) is 84.5 Å². The molecule has 1 rings (SSSR count). The molecule has 0 spiro atoms. The molecule has 0 aliphatic carbocycles. The fraction of sp³-hybridized carbons (Fsp3) is 0.500. The van der Waals surface area contributed by atoms with Crippen molar-refractivity contribution in [2.45, 2.75) is 0 Å². The highest BCUT2D eigenvalue weighted by atomic mass is 35.5. The fourth-order valence-corrected chi connectivity index (χ4v) is 1.92. The summed E-state index contributed by atoms with van der Waals surface area (Å²) < 4.78 is 10.1. The number of rotatable bonds is 8. The van der Waals surface area contributed by atoms with E-state index in [2.05, 4.69) is 4.98 Å². The van der Waals surface area contributed by atoms with Gasteiger partial charge in [-0.2, -0.15) is 0 Å². The number of pyridine rings is 1. The molecule has 1 aromatic heterocycles. The molecule has 0 atom stereocenters. The third-order valence-corrected chi connectivity index (χ3v) is 2.96. The SMILES string of the molecule is COCCN(CCOC)c1nccc(C(=N)N)c1Cl. The predicted molar refractivity (Wildman–Crippen MR) is 76.2 cm³/mol. The summed E-state index contributed by atoms with van der Waals surface area (Å²) in [7, 11) is 3.27. The second kappa shape index (κ2) is 7.93. The van der Waals surface area contributed by atoms with Crippen molar-refractivity contribution in [1.29, 1.82) is 5.41 Å². The highest BCUT2D eigenvalue weighted by Crippen LogP contribution is 2.26. The van der Waals surface area contributed by atoms with Crippen LogP contribution in [0, 0.1) is 5.41 Å². The zero-order valence-electron chi connectivity index (χ0n) is 11.1. The van der Waals surface area contributed by atoms with Crippen LogP contribution in [-0.2, 0) is 9.47 Å². The molecule has 19 heavy (non-hydrogen) atoms. The molecule has 1 aromatic rings. The highest BCUT2D eigenvalue weighted by Gasteiger charge is 2.15. The van der Waals surface area contributed by atoms with Crippen molar-refractivity contribution in [2.75, 3.05) is 45.4 Å². The fourth-order valence-electron chi connectivity index (χ4n) is 1.59. The Morgan fingerprint density at radius 3 is 2.42 bits per heavy atom. The minimum Gasteiger partial charge on any atom is -0.384 e. The van der Waals surface area contributed by atoms with Crippen molar-refractivity contribution in [3.05, 3.63) is 22.8 Å². The quantitative estimate of drug-likeness (QED) is 0.552. The van der Waals surface area contributed by atoms with Gasteiger partial charge in [-0.3, -0.25) is 5.41 Å². The number of hydrogen-bond acceptors (Lipinski definition) is 5. The zero-order chi connectivity index (χ0) is 14.3. The van der Waals surface area contributed by atoms with Crippen molar-refractivity contribution < 1.29 is 9.47 Å². The number of nitrogens with two attached hydrogens (primary N) is 1. The largest absolute Gasteiger partial charge is 0.384 e. The summed E-state index contributed by atoms with van der Waals surface area (Å²) in [5, 5.41) is 7.86. The molecule has 0 aliphatic rings. The number of aromatic nitrogens is 1. The Bertz CT molecular complexity index is 420. The molecule has 0 saturated carbocycles. The minimum absolute atomic E-state index is 0.0768. The molecule has 0 saturated heterocycles. The van der Waals surface area contributed by atoms with Gasteiger partial charge in [0, 0.05) is 39.1 Å². The summed E-state index contributed by atoms with van der Waals surface area (Å²) in [4.78, 5) is 6.20. The van der Waals surface area contributed by atoms with E-state index in [0.717, 1.165) is 0 Å². The van der Waals surface area contributed by atoms with E-state index in [1.165, 1.54) is 0 Å². The summed E-state index contributed by atoms with van der Waals surface area (Å²) in [6, 6.07) is 1.62. The van der Waals surface area contributed by atoms with Gasteiger partial charge in [-0.05, 0) is 6.07 Å². The van der Waals surface area contributed by atoms with Crippen molar-refractivity contribution >= 4 is 23.3 Å². The Labute approximate surface area is 118 Å². The van der Waals surface area contributed by atoms with Gasteiger partial charge in [0.1, 0.15) is 11.7 Å². The molecule has 0 aliphatic heterocycles. The number of nitrogens with one attached hydrogen (secondary N) is 1. The molecule has 6 nitrogen and oxygen atoms in total. The number of nitrogen functional groups attached to an aromatic ring is 1. The van der Waals surface area contributed by atoms with Gasteiger partial charge >= 0.3 is 0 Å². The Balaban J connectivity index is 2.99. The molecular weight excluding hydrogens is 268 g/mol. The molecule has 0 amide bonds. The third kappa shape index (κ3) is 4.34. The Morgan fingerprint density at radius 1 is 1.37 bits per heavy atom. The van der Waals surface area contributed by atoms with Gasteiger partial charge in [0.2, 0.25) is 0 Å². The molecule has 0 unspecified atom stereocenters. The summed E-state index contributed by atoms with van der Waals surface area (Å²) >= 11 is 6.25. The summed E-state index contributed by atoms with van der Waals surface area (Å²) in [5.41, 5.74) is 5.97. The summed E-state index contributed by atoms with van der Waals surface area (Å²) in [6.45, 7) is 2.36. The van der Waals surface area contributed by atoms with Gasteiger partial charge in [0.05, 0.1) is 18.2 Å². The first-order chi connectivity index (χ1) is 9.11. The van der Waals surface area contributed by atoms with E-state index in [1.807, 2.05) is 4.90 Å². The van der Waals surface area contributed by atoms with E-state index in [4.69, 9.17) is 32.2 Å². The number of nitrogens with zero attached hydrogens (tertiary/aromatic N) is 2. The maximum absolute atomic E-state index is 7.49. The Hall–Kier alpha value is -1.37. The lowest BCUT2D eigenvalue weighted by Gasteiger charge is -2.24. The first kappa shape index (κ1) is 15.7. The average molecular weight is 287 g/mol. The van der Waals surface area contributed by atoms with Crippen LogP contribution in [0.2, 0.25) is 5.02 Å². The van der Waals surface area contributed by atoms with Crippen LogP contribution in [0.5, 0.6) is 0 Å². The molecule has 0 aromatic carbocycles. The van der Waals surface area contributed by atoms with Crippen LogP contribution >= 0.6 is 11.6 Å². The van der Waals surface area contributed by atoms with Crippen LogP contribution in [0.25, 0.3) is 0 Å². The smallest absolute Gasteiger partial charge is 0.148 e. The van der Waals surface area contributed by atoms with Crippen LogP contribution in [0.4, 0.5) is 5.82 Å². The second-order valence-electron chi connectivity index (χ2n) is 3.88. The van der Waals surface area contributed by atoms with Crippen molar-refractivity contribution in [3.63, 3.8) is 0 Å². The number of amidine groups is 1. The number of anilines is 1. The van der Waals surface area contributed by atoms with Crippen molar-refractivity contribution in [2.24, 2.45) is 5.73 Å². The minimum atomic E-state index is -0.0768. The third-order valence-electron chi connectivity index (χ3n) is 2.59. The molecule has 0 radical (unpaired) electrons. The lowest BCUT2D eigenvalue weighted by atomic mass is 10.2. The van der Waals surface area contributed by atoms with Gasteiger partial charge in [0.25, 0.3) is 0 Å². The van der Waals surface area contributed by atoms with E-state index in [9.17, 15) is 0 Å². The van der Waals surface area contributed by atoms with Gasteiger partial charge in [-0.25, -0.2) is 4.98 Å².